The minimum Gasteiger partial charge on any atom is -0.492 e. The van der Waals surface area contributed by atoms with Crippen molar-refractivity contribution in [2.24, 2.45) is 5.92 Å². The Morgan fingerprint density at radius 2 is 1.85 bits per heavy atom. The number of amides is 1. The van der Waals surface area contributed by atoms with Crippen LogP contribution >= 0.6 is 0 Å². The third-order valence-corrected chi connectivity index (χ3v) is 3.97. The Bertz CT molecular complexity index is 756. The molecular formula is C20H27N3O3. The van der Waals surface area contributed by atoms with Crippen LogP contribution in [-0.4, -0.2) is 28.3 Å². The van der Waals surface area contributed by atoms with Crippen LogP contribution < -0.4 is 15.6 Å². The molecule has 1 aromatic carbocycles. The van der Waals surface area contributed by atoms with E-state index in [1.165, 1.54) is 16.8 Å². The maximum absolute atomic E-state index is 12.3. The first-order chi connectivity index (χ1) is 12.5. The molecule has 1 N–H and O–H groups in total. The molecule has 140 valence electrons. The molecular weight excluding hydrogens is 330 g/mol. The largest absolute Gasteiger partial charge is 0.492 e. The third kappa shape index (κ3) is 6.35. The third-order valence-electron chi connectivity index (χ3n) is 3.97. The molecule has 0 aliphatic rings. The molecule has 6 nitrogen and oxygen atoms in total. The Morgan fingerprint density at radius 1 is 1.12 bits per heavy atom. The van der Waals surface area contributed by atoms with Gasteiger partial charge in [0.15, 0.2) is 0 Å². The lowest BCUT2D eigenvalue weighted by Crippen LogP contribution is -2.35. The van der Waals surface area contributed by atoms with E-state index in [1.54, 1.807) is 0 Å². The number of carbonyl (C=O) groups is 1. The predicted molar refractivity (Wildman–Crippen MR) is 101 cm³/mol. The number of nitrogens with one attached hydrogen (secondary N) is 1. The van der Waals surface area contributed by atoms with Crippen LogP contribution in [0.4, 0.5) is 0 Å². The minimum atomic E-state index is -0.265. The molecule has 0 fully saturated rings. The average molecular weight is 357 g/mol. The zero-order chi connectivity index (χ0) is 18.9. The van der Waals surface area contributed by atoms with Crippen LogP contribution in [0.5, 0.6) is 5.75 Å². The van der Waals surface area contributed by atoms with Crippen LogP contribution in [0.2, 0.25) is 0 Å². The summed E-state index contributed by atoms with van der Waals surface area (Å²) in [6.07, 6.45) is 1.96. The molecule has 0 aliphatic carbocycles. The second-order valence-electron chi connectivity index (χ2n) is 6.79. The second kappa shape index (κ2) is 9.75. The molecule has 1 unspecified atom stereocenters. The lowest BCUT2D eigenvalue weighted by Gasteiger charge is -2.15. The van der Waals surface area contributed by atoms with Crippen molar-refractivity contribution < 1.29 is 9.53 Å². The predicted octanol–water partition coefficient (Wildman–Crippen LogP) is 2.88. The normalized spacial score (nSPS) is 12.0. The SMILES string of the molecule is CC(C)CCC(C)NC(=O)c1ccc(=O)n(CCOc2ccccc2)n1. The van der Waals surface area contributed by atoms with Crippen molar-refractivity contribution in [2.75, 3.05) is 6.61 Å². The topological polar surface area (TPSA) is 73.2 Å². The van der Waals surface area contributed by atoms with Gasteiger partial charge in [-0.2, -0.15) is 5.10 Å². The van der Waals surface area contributed by atoms with Crippen molar-refractivity contribution in [1.82, 2.24) is 15.1 Å². The van der Waals surface area contributed by atoms with Crippen LogP contribution in [0.15, 0.2) is 47.3 Å². The highest BCUT2D eigenvalue weighted by Crippen LogP contribution is 2.08. The van der Waals surface area contributed by atoms with Gasteiger partial charge in [-0.05, 0) is 43.9 Å². The molecule has 2 aromatic rings. The highest BCUT2D eigenvalue weighted by Gasteiger charge is 2.13. The fourth-order valence-corrected chi connectivity index (χ4v) is 2.45. The number of carbonyl (C=O) groups excluding carboxylic acids is 1. The number of benzene rings is 1. The zero-order valence-corrected chi connectivity index (χ0v) is 15.6. The Balaban J connectivity index is 1.93. The molecule has 1 atom stereocenters. The first-order valence-corrected chi connectivity index (χ1v) is 9.02. The molecule has 6 heteroatoms. The summed E-state index contributed by atoms with van der Waals surface area (Å²) in [5.41, 5.74) is -0.0215. The molecule has 0 saturated carbocycles. The van der Waals surface area contributed by atoms with E-state index in [4.69, 9.17) is 4.74 Å². The Morgan fingerprint density at radius 3 is 2.54 bits per heavy atom. The van der Waals surface area contributed by atoms with Gasteiger partial charge in [0.25, 0.3) is 11.5 Å². The molecule has 0 aliphatic heterocycles. The summed E-state index contributed by atoms with van der Waals surface area (Å²) >= 11 is 0. The van der Waals surface area contributed by atoms with Gasteiger partial charge in [0, 0.05) is 12.1 Å². The summed E-state index contributed by atoms with van der Waals surface area (Å²) in [5.74, 6) is 1.06. The van der Waals surface area contributed by atoms with Crippen LogP contribution in [0.3, 0.4) is 0 Å². The van der Waals surface area contributed by atoms with E-state index in [1.807, 2.05) is 37.3 Å². The highest BCUT2D eigenvalue weighted by atomic mass is 16.5. The Labute approximate surface area is 154 Å². The van der Waals surface area contributed by atoms with Crippen molar-refractivity contribution in [1.29, 1.82) is 0 Å². The Hall–Kier alpha value is -2.63. The van der Waals surface area contributed by atoms with E-state index in [-0.39, 0.29) is 29.7 Å². The molecule has 0 bridgehead atoms. The lowest BCUT2D eigenvalue weighted by molar-refractivity contribution is 0.0929. The molecule has 1 aromatic heterocycles. The smallest absolute Gasteiger partial charge is 0.271 e. The number of hydrogen-bond donors (Lipinski definition) is 1. The van der Waals surface area contributed by atoms with Gasteiger partial charge in [-0.15, -0.1) is 0 Å². The molecule has 0 spiro atoms. The summed E-state index contributed by atoms with van der Waals surface area (Å²) in [6, 6.07) is 12.2. The van der Waals surface area contributed by atoms with Crippen LogP contribution in [0, 0.1) is 5.92 Å². The monoisotopic (exact) mass is 357 g/mol. The second-order valence-corrected chi connectivity index (χ2v) is 6.79. The van der Waals surface area contributed by atoms with Crippen LogP contribution in [0.25, 0.3) is 0 Å². The molecule has 2 rings (SSSR count). The number of aromatic nitrogens is 2. The van der Waals surface area contributed by atoms with Crippen molar-refractivity contribution in [3.8, 4) is 5.75 Å². The standard InChI is InChI=1S/C20H27N3O3/c1-15(2)9-10-16(3)21-20(25)18-11-12-19(24)23(22-18)13-14-26-17-7-5-4-6-8-17/h4-8,11-12,15-16H,9-10,13-14H2,1-3H3,(H,21,25). The van der Waals surface area contributed by atoms with E-state index in [9.17, 15) is 9.59 Å². The van der Waals surface area contributed by atoms with E-state index in [0.717, 1.165) is 18.6 Å². The first-order valence-electron chi connectivity index (χ1n) is 9.02. The van der Waals surface area contributed by atoms with E-state index < -0.39 is 0 Å². The average Bonchev–Trinajstić information content (AvgIpc) is 2.62. The van der Waals surface area contributed by atoms with Gasteiger partial charge in [-0.25, -0.2) is 4.68 Å². The highest BCUT2D eigenvalue weighted by molar-refractivity contribution is 5.92. The maximum Gasteiger partial charge on any atom is 0.271 e. The van der Waals surface area contributed by atoms with Gasteiger partial charge in [0.1, 0.15) is 18.1 Å². The van der Waals surface area contributed by atoms with E-state index in [0.29, 0.717) is 12.5 Å². The Kier molecular flexibility index (Phi) is 7.38. The first kappa shape index (κ1) is 19.7. The van der Waals surface area contributed by atoms with Crippen molar-refractivity contribution >= 4 is 5.91 Å². The number of para-hydroxylation sites is 1. The minimum absolute atomic E-state index is 0.0634. The van der Waals surface area contributed by atoms with Crippen molar-refractivity contribution in [2.45, 2.75) is 46.2 Å². The zero-order valence-electron chi connectivity index (χ0n) is 15.6. The van der Waals surface area contributed by atoms with Crippen LogP contribution in [0.1, 0.15) is 44.1 Å². The van der Waals surface area contributed by atoms with Gasteiger partial charge < -0.3 is 10.1 Å². The number of rotatable bonds is 9. The quantitative estimate of drug-likeness (QED) is 0.749. The van der Waals surface area contributed by atoms with Crippen molar-refractivity contribution in [3.05, 3.63) is 58.5 Å². The molecule has 26 heavy (non-hydrogen) atoms. The summed E-state index contributed by atoms with van der Waals surface area (Å²) in [4.78, 5) is 24.3. The van der Waals surface area contributed by atoms with E-state index >= 15 is 0 Å². The summed E-state index contributed by atoms with van der Waals surface area (Å²) in [6.45, 7) is 6.86. The van der Waals surface area contributed by atoms with Gasteiger partial charge in [-0.3, -0.25) is 9.59 Å². The van der Waals surface area contributed by atoms with Gasteiger partial charge in [0.05, 0.1) is 6.54 Å². The fourth-order valence-electron chi connectivity index (χ4n) is 2.45. The summed E-state index contributed by atoms with van der Waals surface area (Å²) in [7, 11) is 0. The van der Waals surface area contributed by atoms with Gasteiger partial charge in [-0.1, -0.05) is 32.0 Å². The summed E-state index contributed by atoms with van der Waals surface area (Å²) < 4.78 is 6.84. The molecule has 0 saturated heterocycles. The number of ether oxygens (including phenoxy) is 1. The summed E-state index contributed by atoms with van der Waals surface area (Å²) in [5, 5.41) is 7.10. The number of hydrogen-bond acceptors (Lipinski definition) is 4. The van der Waals surface area contributed by atoms with Crippen LogP contribution in [-0.2, 0) is 6.54 Å². The number of nitrogens with zero attached hydrogens (tertiary/aromatic N) is 2. The molecule has 1 amide bonds. The van der Waals surface area contributed by atoms with Gasteiger partial charge >= 0.3 is 0 Å². The van der Waals surface area contributed by atoms with E-state index in [2.05, 4.69) is 24.3 Å². The van der Waals surface area contributed by atoms with Gasteiger partial charge in [0.2, 0.25) is 0 Å². The fraction of sp³-hybridized carbons (Fsp3) is 0.450. The maximum atomic E-state index is 12.3. The molecule has 0 radical (unpaired) electrons. The lowest BCUT2D eigenvalue weighted by atomic mass is 10.0. The molecule has 1 heterocycles. The van der Waals surface area contributed by atoms with Crippen molar-refractivity contribution in [3.63, 3.8) is 0 Å².